The molecule has 0 atom stereocenters. The van der Waals surface area contributed by atoms with Crippen LogP contribution in [0, 0.1) is 0 Å². The second-order valence-electron chi connectivity index (χ2n) is 5.53. The topological polar surface area (TPSA) is 38.8 Å². The fraction of sp³-hybridized carbons (Fsp3) is 0.278. The Hall–Kier alpha value is -2.01. The number of nitrogens with zero attached hydrogens (tertiary/aromatic N) is 1. The molecule has 0 unspecified atom stereocenters. The highest BCUT2D eigenvalue weighted by molar-refractivity contribution is 9.10. The summed E-state index contributed by atoms with van der Waals surface area (Å²) in [6.07, 6.45) is 0.351. The van der Waals surface area contributed by atoms with Gasteiger partial charge in [0.15, 0.2) is 11.5 Å². The number of halogens is 1. The molecule has 1 aliphatic heterocycles. The number of carbonyl (C=O) groups excluding carboxylic acids is 1. The van der Waals surface area contributed by atoms with Gasteiger partial charge >= 0.3 is 0 Å². The normalized spacial score (nSPS) is 12.8. The van der Waals surface area contributed by atoms with Crippen molar-refractivity contribution in [1.29, 1.82) is 0 Å². The molecule has 3 rings (SSSR count). The predicted molar refractivity (Wildman–Crippen MR) is 91.8 cm³/mol. The molecule has 0 saturated carbocycles. The first-order chi connectivity index (χ1) is 11.1. The van der Waals surface area contributed by atoms with E-state index < -0.39 is 0 Å². The Kier molecular flexibility index (Phi) is 4.86. The van der Waals surface area contributed by atoms with Gasteiger partial charge in [-0.25, -0.2) is 0 Å². The standard InChI is InChI=1S/C18H18BrNO3/c1-20(12-13-2-5-15(19)6-3-13)18(21)11-14-4-7-16-17(10-14)23-9-8-22-16/h2-7,10H,8-9,11-12H2,1H3. The molecule has 1 amide bonds. The molecule has 0 bridgehead atoms. The van der Waals surface area contributed by atoms with Gasteiger partial charge in [0.1, 0.15) is 13.2 Å². The number of hydrogen-bond acceptors (Lipinski definition) is 3. The van der Waals surface area contributed by atoms with E-state index in [1.807, 2.05) is 49.5 Å². The van der Waals surface area contributed by atoms with Gasteiger partial charge in [0.05, 0.1) is 6.42 Å². The lowest BCUT2D eigenvalue weighted by Crippen LogP contribution is -2.27. The average molecular weight is 376 g/mol. The van der Waals surface area contributed by atoms with Crippen molar-refractivity contribution in [3.05, 3.63) is 58.1 Å². The molecule has 0 aromatic heterocycles. The summed E-state index contributed by atoms with van der Waals surface area (Å²) >= 11 is 3.41. The molecule has 0 N–H and O–H groups in total. The van der Waals surface area contributed by atoms with Crippen LogP contribution in [-0.4, -0.2) is 31.1 Å². The molecule has 23 heavy (non-hydrogen) atoms. The van der Waals surface area contributed by atoms with E-state index in [1.165, 1.54) is 0 Å². The Balaban J connectivity index is 1.63. The summed E-state index contributed by atoms with van der Waals surface area (Å²) < 4.78 is 12.1. The number of rotatable bonds is 4. The van der Waals surface area contributed by atoms with Crippen molar-refractivity contribution in [2.75, 3.05) is 20.3 Å². The van der Waals surface area contributed by atoms with Crippen LogP contribution < -0.4 is 9.47 Å². The van der Waals surface area contributed by atoms with E-state index in [0.29, 0.717) is 26.2 Å². The molecular formula is C18H18BrNO3. The van der Waals surface area contributed by atoms with Crippen LogP contribution in [0.15, 0.2) is 46.9 Å². The van der Waals surface area contributed by atoms with Crippen LogP contribution in [0.4, 0.5) is 0 Å². The Morgan fingerprint density at radius 3 is 2.43 bits per heavy atom. The van der Waals surface area contributed by atoms with Crippen LogP contribution in [0.25, 0.3) is 0 Å². The number of fused-ring (bicyclic) bond motifs is 1. The van der Waals surface area contributed by atoms with Crippen LogP contribution in [0.2, 0.25) is 0 Å². The van der Waals surface area contributed by atoms with Gasteiger partial charge in [-0.15, -0.1) is 0 Å². The van der Waals surface area contributed by atoms with Gasteiger partial charge in [0.2, 0.25) is 5.91 Å². The van der Waals surface area contributed by atoms with E-state index >= 15 is 0 Å². The number of benzene rings is 2. The molecule has 2 aromatic carbocycles. The molecule has 0 aliphatic carbocycles. The highest BCUT2D eigenvalue weighted by atomic mass is 79.9. The molecular weight excluding hydrogens is 358 g/mol. The molecule has 0 saturated heterocycles. The predicted octanol–water partition coefficient (Wildman–Crippen LogP) is 3.42. The van der Waals surface area contributed by atoms with Crippen LogP contribution in [0.1, 0.15) is 11.1 Å². The van der Waals surface area contributed by atoms with Gasteiger partial charge in [-0.3, -0.25) is 4.79 Å². The van der Waals surface area contributed by atoms with Crippen molar-refractivity contribution in [3.63, 3.8) is 0 Å². The zero-order valence-corrected chi connectivity index (χ0v) is 14.5. The first-order valence-electron chi connectivity index (χ1n) is 7.49. The largest absolute Gasteiger partial charge is 0.486 e. The fourth-order valence-electron chi connectivity index (χ4n) is 2.46. The highest BCUT2D eigenvalue weighted by Crippen LogP contribution is 2.31. The molecule has 5 heteroatoms. The summed E-state index contributed by atoms with van der Waals surface area (Å²) in [4.78, 5) is 14.1. The SMILES string of the molecule is CN(Cc1ccc(Br)cc1)C(=O)Cc1ccc2c(c1)OCCO2. The van der Waals surface area contributed by atoms with E-state index in [-0.39, 0.29) is 5.91 Å². The van der Waals surface area contributed by atoms with Gasteiger partial charge in [0, 0.05) is 18.1 Å². The summed E-state index contributed by atoms with van der Waals surface area (Å²) in [5, 5.41) is 0. The first kappa shape index (κ1) is 15.9. The van der Waals surface area contributed by atoms with Crippen LogP contribution in [0.5, 0.6) is 11.5 Å². The summed E-state index contributed by atoms with van der Waals surface area (Å²) in [5.74, 6) is 1.54. The lowest BCUT2D eigenvalue weighted by Gasteiger charge is -2.20. The van der Waals surface area contributed by atoms with Gasteiger partial charge in [0.25, 0.3) is 0 Å². The van der Waals surface area contributed by atoms with E-state index in [9.17, 15) is 4.79 Å². The molecule has 4 nitrogen and oxygen atoms in total. The zero-order valence-electron chi connectivity index (χ0n) is 12.9. The number of ether oxygens (including phenoxy) is 2. The summed E-state index contributed by atoms with van der Waals surface area (Å²) in [6, 6.07) is 13.7. The summed E-state index contributed by atoms with van der Waals surface area (Å²) in [5.41, 5.74) is 2.04. The van der Waals surface area contributed by atoms with Crippen molar-refractivity contribution in [3.8, 4) is 11.5 Å². The second kappa shape index (κ2) is 7.04. The van der Waals surface area contributed by atoms with Crippen molar-refractivity contribution in [2.45, 2.75) is 13.0 Å². The minimum atomic E-state index is 0.0737. The molecule has 2 aromatic rings. The lowest BCUT2D eigenvalue weighted by molar-refractivity contribution is -0.129. The number of hydrogen-bond donors (Lipinski definition) is 0. The smallest absolute Gasteiger partial charge is 0.227 e. The zero-order chi connectivity index (χ0) is 16.2. The number of amides is 1. The summed E-state index contributed by atoms with van der Waals surface area (Å²) in [6.45, 7) is 1.71. The van der Waals surface area contributed by atoms with E-state index in [4.69, 9.17) is 9.47 Å². The molecule has 1 aliphatic rings. The van der Waals surface area contributed by atoms with Crippen molar-refractivity contribution in [1.82, 2.24) is 4.90 Å². The maximum absolute atomic E-state index is 12.4. The maximum atomic E-state index is 12.4. The van der Waals surface area contributed by atoms with Crippen LogP contribution in [-0.2, 0) is 17.8 Å². The number of carbonyl (C=O) groups is 1. The van der Waals surface area contributed by atoms with Crippen LogP contribution >= 0.6 is 15.9 Å². The third-order valence-electron chi connectivity index (χ3n) is 3.72. The fourth-order valence-corrected chi connectivity index (χ4v) is 2.72. The molecule has 0 radical (unpaired) electrons. The minimum Gasteiger partial charge on any atom is -0.486 e. The molecule has 0 spiro atoms. The van der Waals surface area contributed by atoms with Gasteiger partial charge in [-0.2, -0.15) is 0 Å². The monoisotopic (exact) mass is 375 g/mol. The van der Waals surface area contributed by atoms with Gasteiger partial charge in [-0.05, 0) is 35.4 Å². The highest BCUT2D eigenvalue weighted by Gasteiger charge is 2.15. The molecule has 120 valence electrons. The van der Waals surface area contributed by atoms with Crippen molar-refractivity contribution >= 4 is 21.8 Å². The molecule has 1 heterocycles. The maximum Gasteiger partial charge on any atom is 0.227 e. The van der Waals surface area contributed by atoms with E-state index in [0.717, 1.165) is 27.1 Å². The van der Waals surface area contributed by atoms with Gasteiger partial charge in [-0.1, -0.05) is 34.1 Å². The Labute approximate surface area is 144 Å². The molecule has 0 fully saturated rings. The summed E-state index contributed by atoms with van der Waals surface area (Å²) in [7, 11) is 1.82. The van der Waals surface area contributed by atoms with Gasteiger partial charge < -0.3 is 14.4 Å². The first-order valence-corrected chi connectivity index (χ1v) is 8.28. The lowest BCUT2D eigenvalue weighted by atomic mass is 10.1. The van der Waals surface area contributed by atoms with Crippen molar-refractivity contribution < 1.29 is 14.3 Å². The Morgan fingerprint density at radius 2 is 1.70 bits per heavy atom. The van der Waals surface area contributed by atoms with E-state index in [1.54, 1.807) is 4.90 Å². The van der Waals surface area contributed by atoms with Crippen molar-refractivity contribution in [2.24, 2.45) is 0 Å². The third kappa shape index (κ3) is 4.05. The quantitative estimate of drug-likeness (QED) is 0.821. The Bertz CT molecular complexity index is 700. The minimum absolute atomic E-state index is 0.0737. The van der Waals surface area contributed by atoms with E-state index in [2.05, 4.69) is 15.9 Å². The van der Waals surface area contributed by atoms with Crippen LogP contribution in [0.3, 0.4) is 0 Å². The average Bonchev–Trinajstić information content (AvgIpc) is 2.56. The number of likely N-dealkylation sites (N-methyl/N-ethyl adjacent to an activating group) is 1. The second-order valence-corrected chi connectivity index (χ2v) is 6.45. The third-order valence-corrected chi connectivity index (χ3v) is 4.25. The Morgan fingerprint density at radius 1 is 1.04 bits per heavy atom.